The van der Waals surface area contributed by atoms with Crippen LogP contribution < -0.4 is 0 Å². The number of hydrogen-bond acceptors (Lipinski definition) is 5. The summed E-state index contributed by atoms with van der Waals surface area (Å²) in [6.45, 7) is 2.31. The van der Waals surface area contributed by atoms with Gasteiger partial charge in [0, 0.05) is 31.2 Å². The summed E-state index contributed by atoms with van der Waals surface area (Å²) in [5.74, 6) is -0.621. The predicted molar refractivity (Wildman–Crippen MR) is 118 cm³/mol. The summed E-state index contributed by atoms with van der Waals surface area (Å²) in [4.78, 5) is 26.9. The Hall–Kier alpha value is -1.64. The number of benzene rings is 1. The molecular formula is C22H31ClN2O5S. The Balaban J connectivity index is 1.53. The number of nitrogens with zero attached hydrogens (tertiary/aromatic N) is 2. The van der Waals surface area contributed by atoms with Crippen molar-refractivity contribution < 1.29 is 22.7 Å². The number of carbonyl (C=O) groups excluding carboxylic acids is 2. The zero-order chi connectivity index (χ0) is 22.6. The first kappa shape index (κ1) is 24.0. The van der Waals surface area contributed by atoms with Gasteiger partial charge in [-0.15, -0.1) is 0 Å². The van der Waals surface area contributed by atoms with Gasteiger partial charge in [-0.05, 0) is 68.7 Å². The van der Waals surface area contributed by atoms with Crippen molar-refractivity contribution in [2.45, 2.75) is 56.4 Å². The lowest BCUT2D eigenvalue weighted by atomic mass is 9.87. The maximum Gasteiger partial charge on any atom is 0.310 e. The van der Waals surface area contributed by atoms with E-state index in [4.69, 9.17) is 16.3 Å². The molecule has 1 saturated heterocycles. The van der Waals surface area contributed by atoms with E-state index in [2.05, 4.69) is 6.92 Å². The fraction of sp³-hybridized carbons (Fsp3) is 0.636. The number of sulfonamides is 1. The van der Waals surface area contributed by atoms with Gasteiger partial charge in [0.15, 0.2) is 6.61 Å². The highest BCUT2D eigenvalue weighted by atomic mass is 35.5. The third kappa shape index (κ3) is 5.99. The minimum absolute atomic E-state index is 0.0499. The molecule has 0 radical (unpaired) electrons. The highest BCUT2D eigenvalue weighted by Gasteiger charge is 2.34. The van der Waals surface area contributed by atoms with E-state index in [0.29, 0.717) is 30.3 Å². The molecule has 9 heteroatoms. The number of ether oxygens (including phenoxy) is 1. The van der Waals surface area contributed by atoms with Crippen LogP contribution in [0.25, 0.3) is 0 Å². The Morgan fingerprint density at radius 3 is 2.42 bits per heavy atom. The highest BCUT2D eigenvalue weighted by molar-refractivity contribution is 7.89. The van der Waals surface area contributed by atoms with Crippen LogP contribution >= 0.6 is 11.6 Å². The van der Waals surface area contributed by atoms with Crippen molar-refractivity contribution in [1.82, 2.24) is 9.21 Å². The lowest BCUT2D eigenvalue weighted by Gasteiger charge is -2.34. The normalized spacial score (nSPS) is 25.1. The lowest BCUT2D eigenvalue weighted by molar-refractivity contribution is -0.157. The van der Waals surface area contributed by atoms with Gasteiger partial charge >= 0.3 is 5.97 Å². The average molecular weight is 471 g/mol. The molecule has 2 fully saturated rings. The first-order valence-electron chi connectivity index (χ1n) is 10.9. The summed E-state index contributed by atoms with van der Waals surface area (Å²) in [5.41, 5.74) is 0. The monoisotopic (exact) mass is 470 g/mol. The Bertz CT molecular complexity index is 882. The SMILES string of the molecule is CC1CCC(N(C)C(=O)COC(=O)C2CCCN(S(=O)(=O)c3ccc(Cl)cc3)C2)CC1. The Morgan fingerprint density at radius 2 is 1.77 bits per heavy atom. The molecule has 1 heterocycles. The molecule has 172 valence electrons. The molecule has 2 aliphatic rings. The second-order valence-corrected chi connectivity index (χ2v) is 11.1. The van der Waals surface area contributed by atoms with Gasteiger partial charge in [0.1, 0.15) is 0 Å². The molecule has 0 aromatic heterocycles. The van der Waals surface area contributed by atoms with Crippen molar-refractivity contribution in [3.05, 3.63) is 29.3 Å². The molecule has 0 N–H and O–H groups in total. The van der Waals surface area contributed by atoms with E-state index in [1.54, 1.807) is 11.9 Å². The molecule has 0 bridgehead atoms. The van der Waals surface area contributed by atoms with Crippen LogP contribution in [0.2, 0.25) is 5.02 Å². The number of carbonyl (C=O) groups is 2. The standard InChI is InChI=1S/C22H31ClN2O5S/c1-16-5-9-19(10-6-16)24(2)21(26)15-30-22(27)17-4-3-13-25(14-17)31(28,29)20-11-7-18(23)8-12-20/h7-8,11-12,16-17,19H,3-6,9-10,13-15H2,1-2H3. The minimum Gasteiger partial charge on any atom is -0.455 e. The molecule has 1 amide bonds. The Morgan fingerprint density at radius 1 is 1.13 bits per heavy atom. The molecule has 31 heavy (non-hydrogen) atoms. The zero-order valence-electron chi connectivity index (χ0n) is 18.1. The summed E-state index contributed by atoms with van der Waals surface area (Å²) in [6.07, 6.45) is 5.23. The van der Waals surface area contributed by atoms with Gasteiger partial charge < -0.3 is 9.64 Å². The molecule has 1 atom stereocenters. The van der Waals surface area contributed by atoms with E-state index >= 15 is 0 Å². The van der Waals surface area contributed by atoms with Crippen molar-refractivity contribution in [1.29, 1.82) is 0 Å². The van der Waals surface area contributed by atoms with Crippen LogP contribution in [0.4, 0.5) is 0 Å². The number of amides is 1. The second-order valence-electron chi connectivity index (χ2n) is 8.68. The Kier molecular flexibility index (Phi) is 7.99. The van der Waals surface area contributed by atoms with E-state index in [1.807, 2.05) is 0 Å². The van der Waals surface area contributed by atoms with Gasteiger partial charge in [0.2, 0.25) is 10.0 Å². The fourth-order valence-electron chi connectivity index (χ4n) is 4.29. The summed E-state index contributed by atoms with van der Waals surface area (Å²) in [7, 11) is -1.96. The van der Waals surface area contributed by atoms with Gasteiger partial charge in [-0.2, -0.15) is 4.31 Å². The average Bonchev–Trinajstić information content (AvgIpc) is 2.77. The molecular weight excluding hydrogens is 440 g/mol. The van der Waals surface area contributed by atoms with Gasteiger partial charge in [-0.25, -0.2) is 8.42 Å². The molecule has 1 saturated carbocycles. The number of likely N-dealkylation sites (N-methyl/N-ethyl adjacent to an activating group) is 1. The summed E-state index contributed by atoms with van der Waals surface area (Å²) in [5, 5.41) is 0.455. The molecule has 7 nitrogen and oxygen atoms in total. The quantitative estimate of drug-likeness (QED) is 0.595. The summed E-state index contributed by atoms with van der Waals surface area (Å²) < 4.78 is 32.4. The largest absolute Gasteiger partial charge is 0.455 e. The summed E-state index contributed by atoms with van der Waals surface area (Å²) in [6, 6.07) is 6.16. The second kappa shape index (κ2) is 10.3. The van der Waals surface area contributed by atoms with E-state index in [-0.39, 0.29) is 30.0 Å². The fourth-order valence-corrected chi connectivity index (χ4v) is 5.94. The first-order valence-corrected chi connectivity index (χ1v) is 12.7. The number of halogens is 1. The molecule has 1 aromatic rings. The van der Waals surface area contributed by atoms with Crippen molar-refractivity contribution in [2.75, 3.05) is 26.7 Å². The van der Waals surface area contributed by atoms with E-state index in [0.717, 1.165) is 25.7 Å². The van der Waals surface area contributed by atoms with E-state index in [1.165, 1.54) is 28.6 Å². The van der Waals surface area contributed by atoms with E-state index in [9.17, 15) is 18.0 Å². The lowest BCUT2D eigenvalue weighted by Crippen LogP contribution is -2.44. The third-order valence-corrected chi connectivity index (χ3v) is 8.56. The number of rotatable bonds is 6. The van der Waals surface area contributed by atoms with Crippen molar-refractivity contribution in [3.8, 4) is 0 Å². The maximum absolute atomic E-state index is 12.9. The number of hydrogen-bond donors (Lipinski definition) is 0. The Labute approximate surface area is 189 Å². The molecule has 1 aromatic carbocycles. The molecule has 1 aliphatic carbocycles. The molecule has 0 spiro atoms. The van der Waals surface area contributed by atoms with Crippen LogP contribution in [0.15, 0.2) is 29.2 Å². The predicted octanol–water partition coefficient (Wildman–Crippen LogP) is 3.32. The van der Waals surface area contributed by atoms with Gasteiger partial charge in [0.25, 0.3) is 5.91 Å². The maximum atomic E-state index is 12.9. The number of piperidine rings is 1. The van der Waals surface area contributed by atoms with Gasteiger partial charge in [-0.1, -0.05) is 18.5 Å². The van der Waals surface area contributed by atoms with Crippen LogP contribution in [0.1, 0.15) is 45.4 Å². The van der Waals surface area contributed by atoms with Crippen molar-refractivity contribution in [3.63, 3.8) is 0 Å². The molecule has 1 aliphatic heterocycles. The van der Waals surface area contributed by atoms with Gasteiger partial charge in [-0.3, -0.25) is 9.59 Å². The van der Waals surface area contributed by atoms with Crippen LogP contribution in [0.5, 0.6) is 0 Å². The molecule has 3 rings (SSSR count). The van der Waals surface area contributed by atoms with E-state index < -0.39 is 21.9 Å². The highest BCUT2D eigenvalue weighted by Crippen LogP contribution is 2.27. The van der Waals surface area contributed by atoms with Crippen molar-refractivity contribution >= 4 is 33.5 Å². The first-order chi connectivity index (χ1) is 14.7. The number of esters is 1. The van der Waals surface area contributed by atoms with Crippen LogP contribution in [0.3, 0.4) is 0 Å². The van der Waals surface area contributed by atoms with Gasteiger partial charge in [0.05, 0.1) is 10.8 Å². The smallest absolute Gasteiger partial charge is 0.310 e. The van der Waals surface area contributed by atoms with Crippen LogP contribution in [0, 0.1) is 11.8 Å². The van der Waals surface area contributed by atoms with Crippen LogP contribution in [-0.2, 0) is 24.3 Å². The third-order valence-electron chi connectivity index (χ3n) is 6.43. The summed E-state index contributed by atoms with van der Waals surface area (Å²) >= 11 is 5.85. The van der Waals surface area contributed by atoms with Crippen LogP contribution in [-0.4, -0.2) is 62.3 Å². The zero-order valence-corrected chi connectivity index (χ0v) is 19.7. The topological polar surface area (TPSA) is 84.0 Å². The van der Waals surface area contributed by atoms with Crippen molar-refractivity contribution in [2.24, 2.45) is 11.8 Å². The molecule has 1 unspecified atom stereocenters. The minimum atomic E-state index is -3.72.